The molecular formula is C27H29N5O2. The topological polar surface area (TPSA) is 94.9 Å². The molecule has 7 nitrogen and oxygen atoms in total. The van der Waals surface area contributed by atoms with Crippen LogP contribution >= 0.6 is 0 Å². The summed E-state index contributed by atoms with van der Waals surface area (Å²) in [5.41, 5.74) is 5.77. The third-order valence-corrected chi connectivity index (χ3v) is 7.02. The van der Waals surface area contributed by atoms with Gasteiger partial charge >= 0.3 is 0 Å². The Bertz CT molecular complexity index is 1250. The number of nitrogens with zero attached hydrogens (tertiary/aromatic N) is 4. The average molecular weight is 456 g/mol. The van der Waals surface area contributed by atoms with E-state index in [1.54, 1.807) is 7.11 Å². The van der Waals surface area contributed by atoms with Gasteiger partial charge in [-0.1, -0.05) is 24.3 Å². The molecule has 1 aliphatic carbocycles. The van der Waals surface area contributed by atoms with Crippen LogP contribution in [0.1, 0.15) is 76.0 Å². The van der Waals surface area contributed by atoms with Gasteiger partial charge in [0, 0.05) is 31.3 Å². The Labute approximate surface area is 199 Å². The van der Waals surface area contributed by atoms with Crippen LogP contribution in [0.25, 0.3) is 11.4 Å². The van der Waals surface area contributed by atoms with Gasteiger partial charge in [-0.15, -0.1) is 10.2 Å². The van der Waals surface area contributed by atoms with Crippen LogP contribution in [0.15, 0.2) is 36.4 Å². The molecular weight excluding hydrogens is 426 g/mol. The van der Waals surface area contributed by atoms with Gasteiger partial charge in [0.2, 0.25) is 0 Å². The fourth-order valence-electron chi connectivity index (χ4n) is 5.04. The number of nitrogens with one attached hydrogen (secondary N) is 1. The normalized spacial score (nSPS) is 16.4. The lowest BCUT2D eigenvalue weighted by Gasteiger charge is -2.33. The third kappa shape index (κ3) is 4.34. The van der Waals surface area contributed by atoms with E-state index in [4.69, 9.17) is 4.74 Å². The number of carbonyl (C=O) groups is 1. The summed E-state index contributed by atoms with van der Waals surface area (Å²) in [6.07, 6.45) is 3.99. The number of methoxy groups -OCH3 is 1. The predicted octanol–water partition coefficient (Wildman–Crippen LogP) is 4.70. The van der Waals surface area contributed by atoms with E-state index in [0.29, 0.717) is 43.2 Å². The summed E-state index contributed by atoms with van der Waals surface area (Å²) >= 11 is 0. The van der Waals surface area contributed by atoms with E-state index < -0.39 is 0 Å². The molecule has 3 aromatic rings. The Balaban J connectivity index is 1.39. The van der Waals surface area contributed by atoms with E-state index in [0.717, 1.165) is 59.1 Å². The first kappa shape index (κ1) is 22.3. The van der Waals surface area contributed by atoms with Crippen LogP contribution in [-0.2, 0) is 11.3 Å². The van der Waals surface area contributed by atoms with Crippen LogP contribution in [0, 0.1) is 18.3 Å². The summed E-state index contributed by atoms with van der Waals surface area (Å²) < 4.78 is 5.15. The number of likely N-dealkylation sites (tertiary alicyclic amines) is 1. The molecule has 0 radical (unpaired) electrons. The summed E-state index contributed by atoms with van der Waals surface area (Å²) in [5.74, 6) is 2.19. The molecule has 2 heterocycles. The molecule has 1 aromatic heterocycles. The van der Waals surface area contributed by atoms with Gasteiger partial charge in [-0.25, -0.2) is 0 Å². The number of amides is 1. The van der Waals surface area contributed by atoms with Crippen LogP contribution in [0.3, 0.4) is 0 Å². The minimum Gasteiger partial charge on any atom is -0.377 e. The van der Waals surface area contributed by atoms with Gasteiger partial charge in [0.1, 0.15) is 6.61 Å². The molecule has 0 spiro atoms. The summed E-state index contributed by atoms with van der Waals surface area (Å²) in [5, 5.41) is 17.9. The Kier molecular flexibility index (Phi) is 6.16. The average Bonchev–Trinajstić information content (AvgIpc) is 3.62. The molecule has 2 aromatic carbocycles. The van der Waals surface area contributed by atoms with Crippen LogP contribution in [0.2, 0.25) is 0 Å². The summed E-state index contributed by atoms with van der Waals surface area (Å²) in [6, 6.07) is 14.3. The van der Waals surface area contributed by atoms with Crippen molar-refractivity contribution in [2.75, 3.05) is 20.2 Å². The van der Waals surface area contributed by atoms with E-state index >= 15 is 0 Å². The van der Waals surface area contributed by atoms with E-state index in [1.165, 1.54) is 0 Å². The van der Waals surface area contributed by atoms with Crippen LogP contribution in [0.4, 0.5) is 0 Å². The number of hydrogen-bond acceptors (Lipinski definition) is 5. The SMILES string of the molecule is COCc1nnc(-c2cc(C(=O)N3CCC(c4ccccc4C#N)CC3)c(C3CC3)cc2C)[nH]1. The highest BCUT2D eigenvalue weighted by Gasteiger charge is 2.32. The molecule has 1 saturated heterocycles. The Hall–Kier alpha value is -3.50. The Morgan fingerprint density at radius 1 is 1.12 bits per heavy atom. The third-order valence-electron chi connectivity index (χ3n) is 7.02. The zero-order valence-electron chi connectivity index (χ0n) is 19.7. The predicted molar refractivity (Wildman–Crippen MR) is 128 cm³/mol. The van der Waals surface area contributed by atoms with Crippen LogP contribution < -0.4 is 0 Å². The van der Waals surface area contributed by atoms with Gasteiger partial charge in [-0.2, -0.15) is 5.26 Å². The van der Waals surface area contributed by atoms with Gasteiger partial charge in [0.25, 0.3) is 5.91 Å². The molecule has 0 atom stereocenters. The summed E-state index contributed by atoms with van der Waals surface area (Å²) in [4.78, 5) is 18.9. The summed E-state index contributed by atoms with van der Waals surface area (Å²) in [6.45, 7) is 3.81. The number of piperidine rings is 1. The van der Waals surface area contributed by atoms with Crippen LogP contribution in [-0.4, -0.2) is 46.2 Å². The maximum atomic E-state index is 13.7. The molecule has 1 N–H and O–H groups in total. The number of hydrogen-bond donors (Lipinski definition) is 1. The Morgan fingerprint density at radius 3 is 2.56 bits per heavy atom. The second kappa shape index (κ2) is 9.40. The van der Waals surface area contributed by atoms with Crippen molar-refractivity contribution in [3.05, 3.63) is 70.0 Å². The number of rotatable bonds is 6. The molecule has 0 unspecified atom stereocenters. The molecule has 1 aliphatic heterocycles. The molecule has 1 saturated carbocycles. The minimum atomic E-state index is 0.0896. The van der Waals surface area contributed by atoms with Crippen molar-refractivity contribution >= 4 is 5.91 Å². The van der Waals surface area contributed by atoms with Gasteiger partial charge in [-0.05, 0) is 73.3 Å². The van der Waals surface area contributed by atoms with E-state index in [9.17, 15) is 10.1 Å². The lowest BCUT2D eigenvalue weighted by molar-refractivity contribution is 0.0712. The summed E-state index contributed by atoms with van der Waals surface area (Å²) in [7, 11) is 1.62. The largest absolute Gasteiger partial charge is 0.377 e. The number of nitriles is 1. The van der Waals surface area contributed by atoms with E-state index in [-0.39, 0.29) is 5.91 Å². The lowest BCUT2D eigenvalue weighted by atomic mass is 9.86. The molecule has 2 fully saturated rings. The molecule has 5 rings (SSSR count). The molecule has 2 aliphatic rings. The molecule has 1 amide bonds. The van der Waals surface area contributed by atoms with Gasteiger partial charge < -0.3 is 14.6 Å². The first-order valence-corrected chi connectivity index (χ1v) is 11.9. The van der Waals surface area contributed by atoms with E-state index in [2.05, 4.69) is 34.2 Å². The Morgan fingerprint density at radius 2 is 1.85 bits per heavy atom. The lowest BCUT2D eigenvalue weighted by Crippen LogP contribution is -2.38. The molecule has 34 heavy (non-hydrogen) atoms. The van der Waals surface area contributed by atoms with Crippen molar-refractivity contribution in [2.45, 2.75) is 51.0 Å². The van der Waals surface area contributed by atoms with Crippen molar-refractivity contribution in [2.24, 2.45) is 0 Å². The molecule has 7 heteroatoms. The highest BCUT2D eigenvalue weighted by Crippen LogP contribution is 2.44. The number of H-pyrrole nitrogens is 1. The maximum Gasteiger partial charge on any atom is 0.254 e. The quantitative estimate of drug-likeness (QED) is 0.582. The van der Waals surface area contributed by atoms with Crippen molar-refractivity contribution in [1.82, 2.24) is 20.1 Å². The number of aryl methyl sites for hydroxylation is 1. The molecule has 174 valence electrons. The van der Waals surface area contributed by atoms with Crippen molar-refractivity contribution in [1.29, 1.82) is 5.26 Å². The highest BCUT2D eigenvalue weighted by molar-refractivity contribution is 5.97. The smallest absolute Gasteiger partial charge is 0.254 e. The van der Waals surface area contributed by atoms with Crippen molar-refractivity contribution in [3.8, 4) is 17.5 Å². The van der Waals surface area contributed by atoms with Crippen LogP contribution in [0.5, 0.6) is 0 Å². The number of carbonyl (C=O) groups excluding carboxylic acids is 1. The second-order valence-electron chi connectivity index (χ2n) is 9.35. The van der Waals surface area contributed by atoms with Gasteiger partial charge in [0.15, 0.2) is 11.6 Å². The minimum absolute atomic E-state index is 0.0896. The fourth-order valence-corrected chi connectivity index (χ4v) is 5.04. The van der Waals surface area contributed by atoms with Gasteiger partial charge in [-0.3, -0.25) is 4.79 Å². The molecule has 0 bridgehead atoms. The van der Waals surface area contributed by atoms with E-state index in [1.807, 2.05) is 35.2 Å². The number of benzene rings is 2. The first-order chi connectivity index (χ1) is 16.6. The zero-order chi connectivity index (χ0) is 23.7. The second-order valence-corrected chi connectivity index (χ2v) is 9.35. The standard InChI is InChI=1S/C27H29N5O2/c1-17-13-23(18-7-8-18)24(14-22(17)26-29-25(16-34-2)30-31-26)27(33)32-11-9-19(10-12-32)21-6-4-3-5-20(21)15-28/h3-6,13-14,18-19H,7-12,16H2,1-2H3,(H,29,30,31). The van der Waals surface area contributed by atoms with Gasteiger partial charge in [0.05, 0.1) is 11.6 Å². The zero-order valence-corrected chi connectivity index (χ0v) is 19.7. The monoisotopic (exact) mass is 455 g/mol. The number of aromatic nitrogens is 3. The highest BCUT2D eigenvalue weighted by atomic mass is 16.5. The first-order valence-electron chi connectivity index (χ1n) is 11.9. The van der Waals surface area contributed by atoms with Crippen molar-refractivity contribution in [3.63, 3.8) is 0 Å². The van der Waals surface area contributed by atoms with Crippen molar-refractivity contribution < 1.29 is 9.53 Å². The number of aromatic amines is 1. The fraction of sp³-hybridized carbons (Fsp3) is 0.407. The maximum absolute atomic E-state index is 13.7. The number of ether oxygens (including phenoxy) is 1.